The zero-order valence-electron chi connectivity index (χ0n) is 16.4. The van der Waals surface area contributed by atoms with Gasteiger partial charge in [0.25, 0.3) is 15.9 Å². The summed E-state index contributed by atoms with van der Waals surface area (Å²) in [5.41, 5.74) is 3.21. The van der Waals surface area contributed by atoms with Crippen LogP contribution in [0.5, 0.6) is 0 Å². The molecule has 1 atom stereocenters. The summed E-state index contributed by atoms with van der Waals surface area (Å²) in [6, 6.07) is 10.3. The van der Waals surface area contributed by atoms with Crippen molar-refractivity contribution in [1.82, 2.24) is 5.32 Å². The summed E-state index contributed by atoms with van der Waals surface area (Å²) >= 11 is 0. The summed E-state index contributed by atoms with van der Waals surface area (Å²) < 4.78 is 34.1. The fourth-order valence-corrected chi connectivity index (χ4v) is 4.58. The maximum absolute atomic E-state index is 13.0. The Morgan fingerprint density at radius 1 is 1.11 bits per heavy atom. The van der Waals surface area contributed by atoms with E-state index in [2.05, 4.69) is 10.0 Å². The fraction of sp³-hybridized carbons (Fsp3) is 0.381. The van der Waals surface area contributed by atoms with Crippen molar-refractivity contribution in [2.45, 2.75) is 44.6 Å². The third-order valence-corrected chi connectivity index (χ3v) is 6.40. The van der Waals surface area contributed by atoms with Gasteiger partial charge in [-0.1, -0.05) is 18.2 Å². The zero-order chi connectivity index (χ0) is 20.3. The van der Waals surface area contributed by atoms with E-state index in [9.17, 15) is 13.2 Å². The van der Waals surface area contributed by atoms with Crippen LogP contribution in [0.15, 0.2) is 41.3 Å². The van der Waals surface area contributed by atoms with E-state index in [0.29, 0.717) is 23.4 Å². The molecule has 1 fully saturated rings. The minimum Gasteiger partial charge on any atom is -0.376 e. The maximum Gasteiger partial charge on any atom is 0.262 e. The highest BCUT2D eigenvalue weighted by molar-refractivity contribution is 7.92. The second-order valence-corrected chi connectivity index (χ2v) is 8.90. The second-order valence-electron chi connectivity index (χ2n) is 7.25. The number of rotatable bonds is 6. The Labute approximate surface area is 166 Å². The minimum absolute atomic E-state index is 0.0311. The van der Waals surface area contributed by atoms with Crippen LogP contribution in [-0.4, -0.2) is 33.6 Å². The van der Waals surface area contributed by atoms with Crippen LogP contribution in [0.25, 0.3) is 0 Å². The number of hydrogen-bond acceptors (Lipinski definition) is 4. The maximum atomic E-state index is 13.0. The van der Waals surface area contributed by atoms with Gasteiger partial charge in [-0.25, -0.2) is 8.42 Å². The molecule has 1 saturated heterocycles. The molecule has 1 aliphatic heterocycles. The summed E-state index contributed by atoms with van der Waals surface area (Å²) in [6.07, 6.45) is 1.95. The summed E-state index contributed by atoms with van der Waals surface area (Å²) in [6.45, 7) is 6.61. The van der Waals surface area contributed by atoms with Crippen LogP contribution < -0.4 is 10.0 Å². The minimum atomic E-state index is -3.82. The highest BCUT2D eigenvalue weighted by atomic mass is 32.2. The van der Waals surface area contributed by atoms with E-state index in [0.717, 1.165) is 30.6 Å². The number of anilines is 1. The molecule has 1 aliphatic rings. The zero-order valence-corrected chi connectivity index (χ0v) is 17.2. The Balaban J connectivity index is 1.81. The van der Waals surface area contributed by atoms with Crippen molar-refractivity contribution in [2.75, 3.05) is 17.9 Å². The Hall–Kier alpha value is -2.38. The van der Waals surface area contributed by atoms with Crippen molar-refractivity contribution in [2.24, 2.45) is 0 Å². The number of benzene rings is 2. The van der Waals surface area contributed by atoms with Crippen LogP contribution >= 0.6 is 0 Å². The van der Waals surface area contributed by atoms with Gasteiger partial charge in [-0.05, 0) is 68.5 Å². The molecule has 0 spiro atoms. The first-order valence-electron chi connectivity index (χ1n) is 9.37. The molecule has 0 bridgehead atoms. The Kier molecular flexibility index (Phi) is 6.05. The van der Waals surface area contributed by atoms with Crippen molar-refractivity contribution in [1.29, 1.82) is 0 Å². The second kappa shape index (κ2) is 8.32. The molecule has 0 unspecified atom stereocenters. The van der Waals surface area contributed by atoms with Gasteiger partial charge in [-0.15, -0.1) is 0 Å². The van der Waals surface area contributed by atoms with E-state index in [4.69, 9.17) is 4.74 Å². The van der Waals surface area contributed by atoms with Crippen LogP contribution in [0.2, 0.25) is 0 Å². The predicted octanol–water partition coefficient (Wildman–Crippen LogP) is 3.32. The Morgan fingerprint density at radius 3 is 2.57 bits per heavy atom. The number of aryl methyl sites for hydroxylation is 3. The molecule has 28 heavy (non-hydrogen) atoms. The number of nitrogens with one attached hydrogen (secondary N) is 2. The topological polar surface area (TPSA) is 84.5 Å². The molecule has 150 valence electrons. The third-order valence-electron chi connectivity index (χ3n) is 4.89. The quantitative estimate of drug-likeness (QED) is 0.776. The molecule has 1 amide bonds. The Morgan fingerprint density at radius 2 is 1.86 bits per heavy atom. The highest BCUT2D eigenvalue weighted by Gasteiger charge is 2.21. The molecule has 0 radical (unpaired) electrons. The van der Waals surface area contributed by atoms with E-state index in [1.807, 2.05) is 26.0 Å². The third kappa shape index (κ3) is 4.72. The number of carbonyl (C=O) groups is 1. The van der Waals surface area contributed by atoms with Gasteiger partial charge in [0, 0.05) is 18.7 Å². The molecule has 0 saturated carbocycles. The van der Waals surface area contributed by atoms with Crippen molar-refractivity contribution in [3.8, 4) is 0 Å². The van der Waals surface area contributed by atoms with E-state index in [1.54, 1.807) is 25.1 Å². The molecule has 2 N–H and O–H groups in total. The van der Waals surface area contributed by atoms with Crippen LogP contribution in [0.1, 0.15) is 39.9 Å². The van der Waals surface area contributed by atoms with E-state index < -0.39 is 10.0 Å². The van der Waals surface area contributed by atoms with Crippen molar-refractivity contribution in [3.05, 3.63) is 58.7 Å². The average Bonchev–Trinajstić information content (AvgIpc) is 3.16. The van der Waals surface area contributed by atoms with E-state index in [-0.39, 0.29) is 16.9 Å². The lowest BCUT2D eigenvalue weighted by Crippen LogP contribution is -2.32. The van der Waals surface area contributed by atoms with Crippen LogP contribution in [0.4, 0.5) is 5.69 Å². The predicted molar refractivity (Wildman–Crippen MR) is 109 cm³/mol. The molecule has 0 aliphatic carbocycles. The van der Waals surface area contributed by atoms with Gasteiger partial charge in [0.2, 0.25) is 0 Å². The summed E-state index contributed by atoms with van der Waals surface area (Å²) in [5, 5.41) is 2.83. The van der Waals surface area contributed by atoms with Gasteiger partial charge < -0.3 is 10.1 Å². The first-order valence-corrected chi connectivity index (χ1v) is 10.8. The lowest BCUT2D eigenvalue weighted by molar-refractivity contribution is 0.0857. The Bertz CT molecular complexity index is 980. The van der Waals surface area contributed by atoms with Gasteiger partial charge in [0.15, 0.2) is 0 Å². The molecule has 1 heterocycles. The highest BCUT2D eigenvalue weighted by Crippen LogP contribution is 2.24. The number of amides is 1. The van der Waals surface area contributed by atoms with Crippen LogP contribution in [-0.2, 0) is 14.8 Å². The first kappa shape index (κ1) is 20.4. The molecule has 3 rings (SSSR count). The molecule has 2 aromatic carbocycles. The van der Waals surface area contributed by atoms with E-state index >= 15 is 0 Å². The molecule has 6 nitrogen and oxygen atoms in total. The van der Waals surface area contributed by atoms with Crippen LogP contribution in [0.3, 0.4) is 0 Å². The SMILES string of the molecule is Cc1ccc(C)c(NS(=O)(=O)c2cc(C(=O)NC[C@@H]3CCCO3)ccc2C)c1. The smallest absolute Gasteiger partial charge is 0.262 e. The van der Waals surface area contributed by atoms with E-state index in [1.165, 1.54) is 6.07 Å². The van der Waals surface area contributed by atoms with Gasteiger partial charge in [-0.2, -0.15) is 0 Å². The van der Waals surface area contributed by atoms with Crippen molar-refractivity contribution in [3.63, 3.8) is 0 Å². The lowest BCUT2D eigenvalue weighted by atomic mass is 10.1. The largest absolute Gasteiger partial charge is 0.376 e. The van der Waals surface area contributed by atoms with Crippen LogP contribution in [0, 0.1) is 20.8 Å². The molecular weight excluding hydrogens is 376 g/mol. The number of sulfonamides is 1. The first-order chi connectivity index (χ1) is 13.3. The summed E-state index contributed by atoms with van der Waals surface area (Å²) in [7, 11) is -3.82. The normalized spacial score (nSPS) is 16.8. The standard InChI is InChI=1S/C21H26N2O4S/c1-14-6-7-15(2)19(11-14)23-28(25,26)20-12-17(9-8-16(20)3)21(24)22-13-18-5-4-10-27-18/h6-9,11-12,18,23H,4-5,10,13H2,1-3H3,(H,22,24)/t18-/m0/s1. The van der Waals surface area contributed by atoms with Gasteiger partial charge in [0.05, 0.1) is 16.7 Å². The number of hydrogen-bond donors (Lipinski definition) is 2. The lowest BCUT2D eigenvalue weighted by Gasteiger charge is -2.15. The molecule has 0 aromatic heterocycles. The summed E-state index contributed by atoms with van der Waals surface area (Å²) in [4.78, 5) is 12.6. The summed E-state index contributed by atoms with van der Waals surface area (Å²) in [5.74, 6) is -0.307. The van der Waals surface area contributed by atoms with Gasteiger partial charge in [0.1, 0.15) is 0 Å². The average molecular weight is 403 g/mol. The van der Waals surface area contributed by atoms with Gasteiger partial charge in [-0.3, -0.25) is 9.52 Å². The molecular formula is C21H26N2O4S. The van der Waals surface area contributed by atoms with Gasteiger partial charge >= 0.3 is 0 Å². The number of ether oxygens (including phenoxy) is 1. The molecule has 7 heteroatoms. The number of carbonyl (C=O) groups excluding carboxylic acids is 1. The monoisotopic (exact) mass is 402 g/mol. The molecule has 2 aromatic rings. The van der Waals surface area contributed by atoms with Crippen molar-refractivity contribution >= 4 is 21.6 Å². The van der Waals surface area contributed by atoms with Crippen molar-refractivity contribution < 1.29 is 17.9 Å². The fourth-order valence-electron chi connectivity index (χ4n) is 3.19.